The first-order valence-electron chi connectivity index (χ1n) is 7.05. The van der Waals surface area contributed by atoms with Crippen LogP contribution in [-0.2, 0) is 11.3 Å². The summed E-state index contributed by atoms with van der Waals surface area (Å²) in [5, 5.41) is 9.04. The topological polar surface area (TPSA) is 49.8 Å². The molecule has 1 aromatic carbocycles. The summed E-state index contributed by atoms with van der Waals surface area (Å²) >= 11 is 0. The summed E-state index contributed by atoms with van der Waals surface area (Å²) in [5.41, 5.74) is 0.589. The molecule has 0 saturated heterocycles. The zero-order valence-electron chi connectivity index (χ0n) is 11.7. The molecular weight excluding hydrogens is 280 g/mol. The van der Waals surface area contributed by atoms with Gasteiger partial charge in [-0.1, -0.05) is 31.0 Å². The number of aliphatic carboxylic acids is 1. The molecule has 2 rings (SSSR count). The average Bonchev–Trinajstić information content (AvgIpc) is 2.93. The second kappa shape index (κ2) is 7.36. The molecule has 1 aromatic rings. The van der Waals surface area contributed by atoms with E-state index in [1.807, 2.05) is 4.90 Å². The molecule has 116 valence electrons. The third kappa shape index (κ3) is 4.67. The number of para-hydroxylation sites is 1. The summed E-state index contributed by atoms with van der Waals surface area (Å²) in [6.45, 7) is -2.67. The van der Waals surface area contributed by atoms with Crippen LogP contribution in [0.15, 0.2) is 24.3 Å². The van der Waals surface area contributed by atoms with Gasteiger partial charge in [-0.3, -0.25) is 9.69 Å². The number of carbonyl (C=O) groups is 1. The first-order chi connectivity index (χ1) is 10.1. The van der Waals surface area contributed by atoms with E-state index in [0.29, 0.717) is 12.1 Å². The van der Waals surface area contributed by atoms with Gasteiger partial charge in [-0.25, -0.2) is 0 Å². The second-order valence-electron chi connectivity index (χ2n) is 5.22. The number of halogens is 2. The number of nitrogens with zero attached hydrogens (tertiary/aromatic N) is 1. The maximum absolute atomic E-state index is 12.4. The summed E-state index contributed by atoms with van der Waals surface area (Å²) < 4.78 is 29.3. The molecule has 1 aliphatic carbocycles. The maximum atomic E-state index is 12.4. The van der Waals surface area contributed by atoms with Crippen LogP contribution in [-0.4, -0.2) is 35.2 Å². The van der Waals surface area contributed by atoms with E-state index in [1.165, 1.54) is 6.07 Å². The van der Waals surface area contributed by atoms with Crippen molar-refractivity contribution in [2.75, 3.05) is 6.54 Å². The van der Waals surface area contributed by atoms with Gasteiger partial charge in [-0.2, -0.15) is 8.78 Å². The van der Waals surface area contributed by atoms with Crippen LogP contribution in [0.3, 0.4) is 0 Å². The van der Waals surface area contributed by atoms with Gasteiger partial charge in [0, 0.05) is 18.2 Å². The van der Waals surface area contributed by atoms with Crippen molar-refractivity contribution < 1.29 is 23.4 Å². The molecule has 6 heteroatoms. The van der Waals surface area contributed by atoms with E-state index in [1.54, 1.807) is 18.2 Å². The fraction of sp³-hybridized carbons (Fsp3) is 0.533. The first kappa shape index (κ1) is 15.7. The standard InChI is InChI=1S/C15H19F2NO3/c16-15(17)21-13-8-4-1-5-11(13)9-18(10-14(19)20)12-6-2-3-7-12/h1,4-5,8,12,15H,2-3,6-7,9-10H2,(H,19,20). The molecule has 1 saturated carbocycles. The highest BCUT2D eigenvalue weighted by Crippen LogP contribution is 2.28. The minimum atomic E-state index is -2.88. The van der Waals surface area contributed by atoms with Crippen LogP contribution in [0, 0.1) is 0 Å². The maximum Gasteiger partial charge on any atom is 0.387 e. The van der Waals surface area contributed by atoms with Gasteiger partial charge in [-0.15, -0.1) is 0 Å². The highest BCUT2D eigenvalue weighted by atomic mass is 19.3. The largest absolute Gasteiger partial charge is 0.480 e. The predicted molar refractivity (Wildman–Crippen MR) is 73.4 cm³/mol. The van der Waals surface area contributed by atoms with Gasteiger partial charge >= 0.3 is 12.6 Å². The molecule has 21 heavy (non-hydrogen) atoms. The first-order valence-corrected chi connectivity index (χ1v) is 7.05. The molecular formula is C15H19F2NO3. The van der Waals surface area contributed by atoms with Crippen LogP contribution in [0.1, 0.15) is 31.2 Å². The van der Waals surface area contributed by atoms with Crippen molar-refractivity contribution in [2.45, 2.75) is 44.9 Å². The molecule has 0 radical (unpaired) electrons. The zero-order chi connectivity index (χ0) is 15.2. The van der Waals surface area contributed by atoms with Crippen molar-refractivity contribution >= 4 is 5.97 Å². The second-order valence-corrected chi connectivity index (χ2v) is 5.22. The number of hydrogen-bond donors (Lipinski definition) is 1. The van der Waals surface area contributed by atoms with E-state index in [4.69, 9.17) is 5.11 Å². The van der Waals surface area contributed by atoms with Crippen LogP contribution in [0.25, 0.3) is 0 Å². The SMILES string of the molecule is O=C(O)CN(Cc1ccccc1OC(F)F)C1CCCC1. The van der Waals surface area contributed by atoms with Gasteiger partial charge in [0.25, 0.3) is 0 Å². The van der Waals surface area contributed by atoms with Gasteiger partial charge in [0.15, 0.2) is 0 Å². The lowest BCUT2D eigenvalue weighted by Crippen LogP contribution is -2.37. The molecule has 1 fully saturated rings. The Balaban J connectivity index is 2.13. The van der Waals surface area contributed by atoms with E-state index in [9.17, 15) is 13.6 Å². The van der Waals surface area contributed by atoms with Gasteiger partial charge in [-0.05, 0) is 18.9 Å². The van der Waals surface area contributed by atoms with Gasteiger partial charge < -0.3 is 9.84 Å². The Bertz CT molecular complexity index is 476. The van der Waals surface area contributed by atoms with Gasteiger partial charge in [0.05, 0.1) is 6.54 Å². The Hall–Kier alpha value is -1.69. The molecule has 1 aliphatic rings. The lowest BCUT2D eigenvalue weighted by Gasteiger charge is -2.27. The Labute approximate surface area is 122 Å². The highest BCUT2D eigenvalue weighted by Gasteiger charge is 2.25. The molecule has 0 spiro atoms. The average molecular weight is 299 g/mol. The Morgan fingerprint density at radius 3 is 2.62 bits per heavy atom. The smallest absolute Gasteiger partial charge is 0.387 e. The van der Waals surface area contributed by atoms with Crippen molar-refractivity contribution in [3.63, 3.8) is 0 Å². The molecule has 0 unspecified atom stereocenters. The minimum absolute atomic E-state index is 0.0896. The van der Waals surface area contributed by atoms with E-state index >= 15 is 0 Å². The minimum Gasteiger partial charge on any atom is -0.480 e. The number of benzene rings is 1. The van der Waals surface area contributed by atoms with E-state index in [-0.39, 0.29) is 18.3 Å². The molecule has 4 nitrogen and oxygen atoms in total. The lowest BCUT2D eigenvalue weighted by atomic mass is 10.1. The Morgan fingerprint density at radius 2 is 2.00 bits per heavy atom. The van der Waals surface area contributed by atoms with Crippen LogP contribution in [0.2, 0.25) is 0 Å². The predicted octanol–water partition coefficient (Wildman–Crippen LogP) is 3.12. The number of alkyl halides is 2. The van der Waals surface area contributed by atoms with Crippen molar-refractivity contribution in [3.05, 3.63) is 29.8 Å². The normalized spacial score (nSPS) is 15.8. The summed E-state index contributed by atoms with van der Waals surface area (Å²) in [6.07, 6.45) is 4.06. The molecule has 0 bridgehead atoms. The number of carboxylic acid groups (broad SMARTS) is 1. The van der Waals surface area contributed by atoms with E-state index in [2.05, 4.69) is 4.74 Å². The molecule has 0 amide bonds. The van der Waals surface area contributed by atoms with Crippen LogP contribution in [0.5, 0.6) is 5.75 Å². The number of ether oxygens (including phenoxy) is 1. The summed E-state index contributed by atoms with van der Waals surface area (Å²) in [4.78, 5) is 12.9. The van der Waals surface area contributed by atoms with E-state index < -0.39 is 12.6 Å². The van der Waals surface area contributed by atoms with Crippen molar-refractivity contribution in [3.8, 4) is 5.75 Å². The number of hydrogen-bond acceptors (Lipinski definition) is 3. The number of rotatable bonds is 7. The van der Waals surface area contributed by atoms with Crippen molar-refractivity contribution in [1.82, 2.24) is 4.90 Å². The van der Waals surface area contributed by atoms with Crippen LogP contribution in [0.4, 0.5) is 8.78 Å². The van der Waals surface area contributed by atoms with Gasteiger partial charge in [0.2, 0.25) is 0 Å². The van der Waals surface area contributed by atoms with Crippen LogP contribution < -0.4 is 4.74 Å². The van der Waals surface area contributed by atoms with E-state index in [0.717, 1.165) is 25.7 Å². The van der Waals surface area contributed by atoms with Crippen LogP contribution >= 0.6 is 0 Å². The Morgan fingerprint density at radius 1 is 1.33 bits per heavy atom. The van der Waals surface area contributed by atoms with Crippen molar-refractivity contribution in [2.24, 2.45) is 0 Å². The monoisotopic (exact) mass is 299 g/mol. The molecule has 0 aromatic heterocycles. The molecule has 0 heterocycles. The zero-order valence-corrected chi connectivity index (χ0v) is 11.7. The summed E-state index contributed by atoms with van der Waals surface area (Å²) in [6, 6.07) is 6.73. The third-order valence-corrected chi connectivity index (χ3v) is 3.74. The number of carboxylic acids is 1. The fourth-order valence-corrected chi connectivity index (χ4v) is 2.82. The van der Waals surface area contributed by atoms with Crippen molar-refractivity contribution in [1.29, 1.82) is 0 Å². The highest BCUT2D eigenvalue weighted by molar-refractivity contribution is 5.69. The lowest BCUT2D eigenvalue weighted by molar-refractivity contribution is -0.139. The molecule has 0 atom stereocenters. The van der Waals surface area contributed by atoms with Gasteiger partial charge in [0.1, 0.15) is 5.75 Å². The quantitative estimate of drug-likeness (QED) is 0.840. The summed E-state index contributed by atoms with van der Waals surface area (Å²) in [5.74, 6) is -0.796. The molecule has 1 N–H and O–H groups in total. The summed E-state index contributed by atoms with van der Waals surface area (Å²) in [7, 11) is 0. The molecule has 0 aliphatic heterocycles. The third-order valence-electron chi connectivity index (χ3n) is 3.74. The fourth-order valence-electron chi connectivity index (χ4n) is 2.82. The Kier molecular flexibility index (Phi) is 5.50.